The summed E-state index contributed by atoms with van der Waals surface area (Å²) in [5.41, 5.74) is 7.52. The first kappa shape index (κ1) is 15.4. The average Bonchev–Trinajstić information content (AvgIpc) is 3.33. The fourth-order valence-corrected chi connectivity index (χ4v) is 2.99. The minimum Gasteiger partial charge on any atom is -0.282 e. The number of nitrogens with one attached hydrogen (secondary N) is 2. The maximum atomic E-state index is 3.99. The maximum Gasteiger partial charge on any atom is 0.0490 e. The zero-order chi connectivity index (χ0) is 16.9. The van der Waals surface area contributed by atoms with Crippen molar-refractivity contribution in [2.45, 2.75) is 19.3 Å². The zero-order valence-electron chi connectivity index (χ0n) is 13.9. The largest absolute Gasteiger partial charge is 0.282 e. The molecule has 0 aliphatic rings. The molecule has 0 aliphatic carbocycles. The van der Waals surface area contributed by atoms with Gasteiger partial charge in [0.25, 0.3) is 0 Å². The lowest BCUT2D eigenvalue weighted by molar-refractivity contribution is 0.993. The highest BCUT2D eigenvalue weighted by atomic mass is 15.1. The van der Waals surface area contributed by atoms with Crippen LogP contribution in [-0.2, 0) is 19.3 Å². The second kappa shape index (κ2) is 7.18. The number of hydrogen-bond donors (Lipinski definition) is 2. The first-order valence-corrected chi connectivity index (χ1v) is 8.47. The molecule has 4 heteroatoms. The van der Waals surface area contributed by atoms with Crippen LogP contribution >= 0.6 is 0 Å². The highest BCUT2D eigenvalue weighted by Crippen LogP contribution is 2.15. The monoisotopic (exact) mass is 328 g/mol. The number of aromatic nitrogens is 4. The Kier molecular flexibility index (Phi) is 4.42. The van der Waals surface area contributed by atoms with E-state index in [1.165, 1.54) is 22.3 Å². The first-order chi connectivity index (χ1) is 12.3. The van der Waals surface area contributed by atoms with Gasteiger partial charge in [-0.1, -0.05) is 48.5 Å². The molecule has 0 saturated carbocycles. The van der Waals surface area contributed by atoms with Crippen molar-refractivity contribution in [3.05, 3.63) is 107 Å². The van der Waals surface area contributed by atoms with Gasteiger partial charge in [0.15, 0.2) is 0 Å². The highest BCUT2D eigenvalue weighted by Gasteiger charge is 2.01. The second-order valence-electron chi connectivity index (χ2n) is 6.33. The van der Waals surface area contributed by atoms with Gasteiger partial charge < -0.3 is 0 Å². The summed E-state index contributed by atoms with van der Waals surface area (Å²) in [5, 5.41) is 14.0. The van der Waals surface area contributed by atoms with Crippen LogP contribution < -0.4 is 0 Å². The van der Waals surface area contributed by atoms with E-state index in [1.54, 1.807) is 12.4 Å². The van der Waals surface area contributed by atoms with E-state index >= 15 is 0 Å². The van der Waals surface area contributed by atoms with Crippen molar-refractivity contribution >= 4 is 0 Å². The lowest BCUT2D eigenvalue weighted by Crippen LogP contribution is -1.93. The molecule has 2 heterocycles. The molecule has 4 rings (SSSR count). The molecule has 124 valence electrons. The number of aromatic amines is 2. The Morgan fingerprint density at radius 2 is 0.840 bits per heavy atom. The SMILES string of the molecule is c1cc(Cc2ccc(Cc3ccc(Cc4ccn[nH]4)cc3)cc2)[nH]n1. The molecule has 0 fully saturated rings. The van der Waals surface area contributed by atoms with Gasteiger partial charge in [0.1, 0.15) is 0 Å². The van der Waals surface area contributed by atoms with E-state index in [2.05, 4.69) is 68.9 Å². The lowest BCUT2D eigenvalue weighted by Gasteiger charge is -2.06. The molecular formula is C21H20N4. The average molecular weight is 328 g/mol. The first-order valence-electron chi connectivity index (χ1n) is 8.47. The number of H-pyrrole nitrogens is 2. The van der Waals surface area contributed by atoms with Crippen LogP contribution in [0.2, 0.25) is 0 Å². The van der Waals surface area contributed by atoms with Gasteiger partial charge in [0.05, 0.1) is 0 Å². The van der Waals surface area contributed by atoms with Crippen LogP contribution in [0.1, 0.15) is 33.6 Å². The molecule has 0 bridgehead atoms. The van der Waals surface area contributed by atoms with Gasteiger partial charge in [-0.05, 0) is 40.8 Å². The van der Waals surface area contributed by atoms with E-state index in [9.17, 15) is 0 Å². The minimum atomic E-state index is 0.891. The van der Waals surface area contributed by atoms with Crippen molar-refractivity contribution < 1.29 is 0 Å². The van der Waals surface area contributed by atoms with Crippen LogP contribution in [0.25, 0.3) is 0 Å². The van der Waals surface area contributed by atoms with Crippen LogP contribution in [0.3, 0.4) is 0 Å². The molecule has 25 heavy (non-hydrogen) atoms. The third-order valence-corrected chi connectivity index (χ3v) is 4.36. The molecule has 2 aromatic heterocycles. The van der Waals surface area contributed by atoms with Crippen LogP contribution in [0.4, 0.5) is 0 Å². The van der Waals surface area contributed by atoms with Crippen LogP contribution in [0, 0.1) is 0 Å². The van der Waals surface area contributed by atoms with E-state index in [0.29, 0.717) is 0 Å². The molecule has 4 nitrogen and oxygen atoms in total. The Hall–Kier alpha value is -3.14. The second-order valence-corrected chi connectivity index (χ2v) is 6.33. The van der Waals surface area contributed by atoms with Gasteiger partial charge in [0, 0.05) is 36.6 Å². The fourth-order valence-electron chi connectivity index (χ4n) is 2.99. The summed E-state index contributed by atoms with van der Waals surface area (Å²) in [6.45, 7) is 0. The topological polar surface area (TPSA) is 57.4 Å². The Labute approximate surface area is 146 Å². The summed E-state index contributed by atoms with van der Waals surface area (Å²) >= 11 is 0. The molecule has 2 N–H and O–H groups in total. The smallest absolute Gasteiger partial charge is 0.0490 e. The lowest BCUT2D eigenvalue weighted by atomic mass is 10.0. The Balaban J connectivity index is 1.38. The fraction of sp³-hybridized carbons (Fsp3) is 0.143. The molecular weight excluding hydrogens is 308 g/mol. The van der Waals surface area contributed by atoms with Crippen molar-refractivity contribution in [3.63, 3.8) is 0 Å². The zero-order valence-corrected chi connectivity index (χ0v) is 13.9. The van der Waals surface area contributed by atoms with E-state index in [1.807, 2.05) is 12.1 Å². The molecule has 0 radical (unpaired) electrons. The van der Waals surface area contributed by atoms with Gasteiger partial charge in [-0.3, -0.25) is 10.2 Å². The number of hydrogen-bond acceptors (Lipinski definition) is 2. The Bertz CT molecular complexity index is 812. The molecule has 0 aliphatic heterocycles. The van der Waals surface area contributed by atoms with Crippen molar-refractivity contribution in [2.24, 2.45) is 0 Å². The maximum absolute atomic E-state index is 3.99. The van der Waals surface area contributed by atoms with Gasteiger partial charge in [0.2, 0.25) is 0 Å². The summed E-state index contributed by atoms with van der Waals surface area (Å²) in [5.74, 6) is 0. The molecule has 0 amide bonds. The van der Waals surface area contributed by atoms with Crippen molar-refractivity contribution in [1.82, 2.24) is 20.4 Å². The third-order valence-electron chi connectivity index (χ3n) is 4.36. The van der Waals surface area contributed by atoms with Gasteiger partial charge >= 0.3 is 0 Å². The summed E-state index contributed by atoms with van der Waals surface area (Å²) in [7, 11) is 0. The summed E-state index contributed by atoms with van der Waals surface area (Å²) in [4.78, 5) is 0. The van der Waals surface area contributed by atoms with Gasteiger partial charge in [-0.15, -0.1) is 0 Å². The summed E-state index contributed by atoms with van der Waals surface area (Å²) in [6.07, 6.45) is 6.32. The molecule has 0 saturated heterocycles. The third kappa shape index (κ3) is 4.04. The predicted molar refractivity (Wildman–Crippen MR) is 98.5 cm³/mol. The van der Waals surface area contributed by atoms with Crippen molar-refractivity contribution in [2.75, 3.05) is 0 Å². The molecule has 4 aromatic rings. The van der Waals surface area contributed by atoms with Crippen LogP contribution in [0.15, 0.2) is 73.1 Å². The van der Waals surface area contributed by atoms with Crippen LogP contribution in [0.5, 0.6) is 0 Å². The Morgan fingerprint density at radius 3 is 1.16 bits per heavy atom. The normalized spacial score (nSPS) is 10.9. The molecule has 0 spiro atoms. The number of nitrogens with zero attached hydrogens (tertiary/aromatic N) is 2. The quantitative estimate of drug-likeness (QED) is 0.564. The van der Waals surface area contributed by atoms with Gasteiger partial charge in [-0.2, -0.15) is 10.2 Å². The predicted octanol–water partition coefficient (Wildman–Crippen LogP) is 3.91. The summed E-state index contributed by atoms with van der Waals surface area (Å²) in [6, 6.07) is 21.7. The van der Waals surface area contributed by atoms with E-state index in [4.69, 9.17) is 0 Å². The number of benzene rings is 2. The standard InChI is InChI=1S/C21H20N4/c1-5-18(14-20-9-11-22-24-20)6-2-16(1)13-17-3-7-19(8-4-17)15-21-10-12-23-25-21/h1-12H,13-15H2,(H,22,24)(H,23,25). The summed E-state index contributed by atoms with van der Waals surface area (Å²) < 4.78 is 0. The van der Waals surface area contributed by atoms with Gasteiger partial charge in [-0.25, -0.2) is 0 Å². The van der Waals surface area contributed by atoms with Crippen molar-refractivity contribution in [3.8, 4) is 0 Å². The van der Waals surface area contributed by atoms with E-state index < -0.39 is 0 Å². The molecule has 0 unspecified atom stereocenters. The van der Waals surface area contributed by atoms with E-state index in [0.717, 1.165) is 30.7 Å². The minimum absolute atomic E-state index is 0.891. The van der Waals surface area contributed by atoms with E-state index in [-0.39, 0.29) is 0 Å². The van der Waals surface area contributed by atoms with Crippen molar-refractivity contribution in [1.29, 1.82) is 0 Å². The number of rotatable bonds is 6. The molecule has 0 atom stereocenters. The highest BCUT2D eigenvalue weighted by molar-refractivity contribution is 5.32. The Morgan fingerprint density at radius 1 is 0.480 bits per heavy atom. The van der Waals surface area contributed by atoms with Crippen LogP contribution in [-0.4, -0.2) is 20.4 Å². The molecule has 2 aromatic carbocycles.